The maximum Gasteiger partial charge on any atom is 0.321 e. The van der Waals surface area contributed by atoms with Crippen LogP contribution in [-0.4, -0.2) is 74.5 Å². The molecule has 6 heteroatoms. The molecule has 0 spiro atoms. The maximum atomic E-state index is 12.5. The summed E-state index contributed by atoms with van der Waals surface area (Å²) in [4.78, 5) is 16.7. The first kappa shape index (κ1) is 18.2. The molecule has 2 saturated heterocycles. The van der Waals surface area contributed by atoms with Crippen molar-refractivity contribution in [3.8, 4) is 0 Å². The van der Waals surface area contributed by atoms with Gasteiger partial charge in [0.25, 0.3) is 0 Å². The van der Waals surface area contributed by atoms with Crippen LogP contribution in [0.2, 0.25) is 0 Å². The zero-order valence-electron chi connectivity index (χ0n) is 15.2. The average molecular weight is 347 g/mol. The van der Waals surface area contributed by atoms with Crippen LogP contribution in [0.3, 0.4) is 0 Å². The Balaban J connectivity index is 1.45. The zero-order valence-corrected chi connectivity index (χ0v) is 15.2. The highest BCUT2D eigenvalue weighted by atomic mass is 16.6. The minimum atomic E-state index is -0.0159. The molecule has 138 valence electrons. The van der Waals surface area contributed by atoms with E-state index >= 15 is 0 Å². The van der Waals surface area contributed by atoms with Crippen LogP contribution in [0.4, 0.5) is 10.5 Å². The number of amides is 2. The van der Waals surface area contributed by atoms with Crippen LogP contribution in [0.25, 0.3) is 0 Å². The molecule has 0 unspecified atom stereocenters. The number of hydrogen-bond acceptors (Lipinski definition) is 4. The fourth-order valence-electron chi connectivity index (χ4n) is 3.24. The number of anilines is 1. The molecule has 1 aromatic carbocycles. The molecule has 2 aliphatic rings. The highest BCUT2D eigenvalue weighted by molar-refractivity contribution is 5.89. The van der Waals surface area contributed by atoms with Crippen LogP contribution in [-0.2, 0) is 9.47 Å². The third kappa shape index (κ3) is 5.17. The van der Waals surface area contributed by atoms with Crippen molar-refractivity contribution in [3.05, 3.63) is 29.8 Å². The molecule has 0 aromatic heterocycles. The number of hydrogen-bond donors (Lipinski definition) is 1. The normalized spacial score (nSPS) is 22.2. The average Bonchev–Trinajstić information content (AvgIpc) is 2.63. The summed E-state index contributed by atoms with van der Waals surface area (Å²) in [5, 5.41) is 3.03. The maximum absolute atomic E-state index is 12.5. The van der Waals surface area contributed by atoms with Crippen LogP contribution >= 0.6 is 0 Å². The lowest BCUT2D eigenvalue weighted by Gasteiger charge is -2.37. The van der Waals surface area contributed by atoms with Crippen LogP contribution < -0.4 is 5.32 Å². The van der Waals surface area contributed by atoms with E-state index in [9.17, 15) is 4.79 Å². The standard InChI is InChI=1S/C19H29N3O3/c1-15(2)16-4-3-5-17(12-16)20-19(23)22-8-6-21(7-9-22)13-18-14-24-10-11-25-18/h3-5,12,15,18H,6-11,13-14H2,1-2H3,(H,20,23)/t18-/m1/s1. The second-order valence-corrected chi connectivity index (χ2v) is 7.07. The number of piperazine rings is 1. The summed E-state index contributed by atoms with van der Waals surface area (Å²) in [6.07, 6.45) is 0.160. The first-order valence-corrected chi connectivity index (χ1v) is 9.19. The van der Waals surface area contributed by atoms with Gasteiger partial charge in [-0.15, -0.1) is 0 Å². The first-order valence-electron chi connectivity index (χ1n) is 9.19. The Morgan fingerprint density at radius 1 is 1.24 bits per heavy atom. The van der Waals surface area contributed by atoms with Crippen molar-refractivity contribution in [2.75, 3.05) is 57.9 Å². The van der Waals surface area contributed by atoms with Crippen LogP contribution in [0.1, 0.15) is 25.3 Å². The van der Waals surface area contributed by atoms with Gasteiger partial charge in [0, 0.05) is 38.4 Å². The van der Waals surface area contributed by atoms with E-state index in [1.54, 1.807) is 0 Å². The zero-order chi connectivity index (χ0) is 17.6. The number of ether oxygens (including phenoxy) is 2. The van der Waals surface area contributed by atoms with Gasteiger partial charge in [-0.25, -0.2) is 4.79 Å². The predicted molar refractivity (Wildman–Crippen MR) is 98.1 cm³/mol. The predicted octanol–water partition coefficient (Wildman–Crippen LogP) is 2.37. The van der Waals surface area contributed by atoms with Crippen molar-refractivity contribution in [2.24, 2.45) is 0 Å². The summed E-state index contributed by atoms with van der Waals surface area (Å²) < 4.78 is 11.2. The third-order valence-corrected chi connectivity index (χ3v) is 4.81. The van der Waals surface area contributed by atoms with Crippen molar-refractivity contribution in [1.82, 2.24) is 9.80 Å². The van der Waals surface area contributed by atoms with Crippen molar-refractivity contribution < 1.29 is 14.3 Å². The van der Waals surface area contributed by atoms with Crippen molar-refractivity contribution >= 4 is 11.7 Å². The summed E-state index contributed by atoms with van der Waals surface area (Å²) >= 11 is 0. The van der Waals surface area contributed by atoms with E-state index in [4.69, 9.17) is 9.47 Å². The molecule has 2 amide bonds. The Kier molecular flexibility index (Phi) is 6.29. The Bertz CT molecular complexity index is 565. The van der Waals surface area contributed by atoms with Crippen molar-refractivity contribution in [2.45, 2.75) is 25.9 Å². The van der Waals surface area contributed by atoms with Gasteiger partial charge >= 0.3 is 6.03 Å². The van der Waals surface area contributed by atoms with E-state index in [0.29, 0.717) is 25.7 Å². The highest BCUT2D eigenvalue weighted by Crippen LogP contribution is 2.19. The van der Waals surface area contributed by atoms with E-state index in [-0.39, 0.29) is 12.1 Å². The Morgan fingerprint density at radius 3 is 2.72 bits per heavy atom. The lowest BCUT2D eigenvalue weighted by molar-refractivity contribution is -0.0992. The molecular formula is C19H29N3O3. The van der Waals surface area contributed by atoms with E-state index in [1.807, 2.05) is 17.0 Å². The van der Waals surface area contributed by atoms with Crippen LogP contribution in [0.15, 0.2) is 24.3 Å². The number of nitrogens with zero attached hydrogens (tertiary/aromatic N) is 2. The van der Waals surface area contributed by atoms with E-state index in [2.05, 4.69) is 36.2 Å². The third-order valence-electron chi connectivity index (χ3n) is 4.81. The van der Waals surface area contributed by atoms with Gasteiger partial charge in [-0.2, -0.15) is 0 Å². The number of benzene rings is 1. The number of rotatable bonds is 4. The van der Waals surface area contributed by atoms with Gasteiger partial charge in [0.15, 0.2) is 0 Å². The number of carbonyl (C=O) groups excluding carboxylic acids is 1. The lowest BCUT2D eigenvalue weighted by Crippen LogP contribution is -2.52. The van der Waals surface area contributed by atoms with Gasteiger partial charge in [0.2, 0.25) is 0 Å². The summed E-state index contributed by atoms with van der Waals surface area (Å²) in [5.41, 5.74) is 2.10. The quantitative estimate of drug-likeness (QED) is 0.909. The number of carbonyl (C=O) groups is 1. The number of nitrogens with one attached hydrogen (secondary N) is 1. The Morgan fingerprint density at radius 2 is 2.04 bits per heavy atom. The van der Waals surface area contributed by atoms with Gasteiger partial charge in [-0.3, -0.25) is 4.90 Å². The highest BCUT2D eigenvalue weighted by Gasteiger charge is 2.24. The molecule has 1 aromatic rings. The SMILES string of the molecule is CC(C)c1cccc(NC(=O)N2CCN(C[C@@H]3COCCO3)CC2)c1. The van der Waals surface area contributed by atoms with Crippen molar-refractivity contribution in [1.29, 1.82) is 0 Å². The fraction of sp³-hybridized carbons (Fsp3) is 0.632. The molecule has 0 aliphatic carbocycles. The van der Waals surface area contributed by atoms with Gasteiger partial charge in [0.1, 0.15) is 0 Å². The van der Waals surface area contributed by atoms with E-state index in [1.165, 1.54) is 5.56 Å². The fourth-order valence-corrected chi connectivity index (χ4v) is 3.24. The van der Waals surface area contributed by atoms with E-state index in [0.717, 1.165) is 38.4 Å². The molecular weight excluding hydrogens is 318 g/mol. The molecule has 2 heterocycles. The molecule has 0 radical (unpaired) electrons. The van der Waals surface area contributed by atoms with Gasteiger partial charge in [-0.1, -0.05) is 26.0 Å². The Hall–Kier alpha value is -1.63. The van der Waals surface area contributed by atoms with Gasteiger partial charge < -0.3 is 19.7 Å². The topological polar surface area (TPSA) is 54.0 Å². The van der Waals surface area contributed by atoms with Crippen LogP contribution in [0, 0.1) is 0 Å². The minimum absolute atomic E-state index is 0.0159. The Labute approximate surface area is 150 Å². The monoisotopic (exact) mass is 347 g/mol. The summed E-state index contributed by atoms with van der Waals surface area (Å²) in [5.74, 6) is 0.450. The largest absolute Gasteiger partial charge is 0.376 e. The minimum Gasteiger partial charge on any atom is -0.376 e. The molecule has 2 fully saturated rings. The summed E-state index contributed by atoms with van der Waals surface area (Å²) in [6.45, 7) is 10.5. The second kappa shape index (κ2) is 8.65. The summed E-state index contributed by atoms with van der Waals surface area (Å²) in [7, 11) is 0. The molecule has 25 heavy (non-hydrogen) atoms. The van der Waals surface area contributed by atoms with Crippen LogP contribution in [0.5, 0.6) is 0 Å². The molecule has 1 N–H and O–H groups in total. The molecule has 3 rings (SSSR count). The first-order chi connectivity index (χ1) is 12.1. The van der Waals surface area contributed by atoms with E-state index < -0.39 is 0 Å². The smallest absolute Gasteiger partial charge is 0.321 e. The molecule has 6 nitrogen and oxygen atoms in total. The molecule has 2 aliphatic heterocycles. The number of urea groups is 1. The molecule has 0 bridgehead atoms. The molecule has 0 saturated carbocycles. The van der Waals surface area contributed by atoms with Crippen molar-refractivity contribution in [3.63, 3.8) is 0 Å². The summed E-state index contributed by atoms with van der Waals surface area (Å²) in [6, 6.07) is 8.07. The molecule has 1 atom stereocenters. The second-order valence-electron chi connectivity index (χ2n) is 7.07. The lowest BCUT2D eigenvalue weighted by atomic mass is 10.0. The van der Waals surface area contributed by atoms with Gasteiger partial charge in [-0.05, 0) is 23.6 Å². The van der Waals surface area contributed by atoms with Gasteiger partial charge in [0.05, 0.1) is 25.9 Å².